The van der Waals surface area contributed by atoms with Gasteiger partial charge in [-0.2, -0.15) is 10.2 Å². The van der Waals surface area contributed by atoms with Crippen molar-refractivity contribution in [1.82, 2.24) is 30.3 Å². The highest BCUT2D eigenvalue weighted by atomic mass is 15.3. The molecule has 6 nitrogen and oxygen atoms in total. The quantitative estimate of drug-likeness (QED) is 0.772. The van der Waals surface area contributed by atoms with E-state index in [0.29, 0.717) is 0 Å². The summed E-state index contributed by atoms with van der Waals surface area (Å²) in [5, 5.41) is 15.1. The highest BCUT2D eigenvalue weighted by Gasteiger charge is 2.17. The normalized spacial score (nSPS) is 12.8. The average Bonchev–Trinajstić information content (AvgIpc) is 3.12. The maximum absolute atomic E-state index is 4.60. The first-order chi connectivity index (χ1) is 9.78. The molecule has 0 saturated heterocycles. The minimum Gasteiger partial charge on any atom is -0.307 e. The topological polar surface area (TPSA) is 71.4 Å². The van der Waals surface area contributed by atoms with Gasteiger partial charge in [-0.05, 0) is 32.4 Å². The zero-order valence-corrected chi connectivity index (χ0v) is 12.6. The number of nitrogens with one attached hydrogen (secondary N) is 2. The van der Waals surface area contributed by atoms with Crippen LogP contribution in [0.5, 0.6) is 0 Å². The first-order valence-corrected chi connectivity index (χ1v) is 7.42. The smallest absolute Gasteiger partial charge is 0.141 e. The SMILES string of the molecule is CCCNC(Cc1cc(CC)nn1CC)c1ncn[nH]1. The summed E-state index contributed by atoms with van der Waals surface area (Å²) in [6.45, 7) is 8.28. The van der Waals surface area contributed by atoms with Crippen LogP contribution in [0, 0.1) is 0 Å². The van der Waals surface area contributed by atoms with E-state index in [4.69, 9.17) is 0 Å². The van der Waals surface area contributed by atoms with Crippen LogP contribution in [-0.4, -0.2) is 31.5 Å². The van der Waals surface area contributed by atoms with Crippen LogP contribution in [0.3, 0.4) is 0 Å². The molecular weight excluding hydrogens is 252 g/mol. The van der Waals surface area contributed by atoms with Gasteiger partial charge in [0.2, 0.25) is 0 Å². The molecule has 0 fully saturated rings. The molecule has 2 aromatic heterocycles. The van der Waals surface area contributed by atoms with E-state index in [2.05, 4.69) is 57.1 Å². The molecule has 0 bridgehead atoms. The molecule has 2 heterocycles. The fourth-order valence-electron chi connectivity index (χ4n) is 2.30. The van der Waals surface area contributed by atoms with Crippen molar-refractivity contribution >= 4 is 0 Å². The summed E-state index contributed by atoms with van der Waals surface area (Å²) in [5.74, 6) is 0.889. The number of hydrogen-bond donors (Lipinski definition) is 2. The van der Waals surface area contributed by atoms with Crippen LogP contribution in [0.2, 0.25) is 0 Å². The van der Waals surface area contributed by atoms with E-state index in [1.54, 1.807) is 6.33 Å². The molecule has 0 spiro atoms. The van der Waals surface area contributed by atoms with Gasteiger partial charge in [0.15, 0.2) is 0 Å². The van der Waals surface area contributed by atoms with Crippen LogP contribution in [0.4, 0.5) is 0 Å². The highest BCUT2D eigenvalue weighted by Crippen LogP contribution is 2.16. The van der Waals surface area contributed by atoms with Gasteiger partial charge >= 0.3 is 0 Å². The lowest BCUT2D eigenvalue weighted by Gasteiger charge is -2.16. The number of aromatic nitrogens is 5. The molecule has 0 aromatic carbocycles. The molecule has 1 unspecified atom stereocenters. The van der Waals surface area contributed by atoms with Gasteiger partial charge in [-0.1, -0.05) is 13.8 Å². The van der Waals surface area contributed by atoms with E-state index >= 15 is 0 Å². The third-order valence-electron chi connectivity index (χ3n) is 3.39. The lowest BCUT2D eigenvalue weighted by molar-refractivity contribution is 0.484. The van der Waals surface area contributed by atoms with E-state index in [-0.39, 0.29) is 6.04 Å². The van der Waals surface area contributed by atoms with Gasteiger partial charge in [0.1, 0.15) is 12.2 Å². The molecule has 110 valence electrons. The van der Waals surface area contributed by atoms with Crippen molar-refractivity contribution in [2.75, 3.05) is 6.54 Å². The van der Waals surface area contributed by atoms with Gasteiger partial charge in [0, 0.05) is 18.7 Å². The van der Waals surface area contributed by atoms with Gasteiger partial charge in [0.25, 0.3) is 0 Å². The Bertz CT molecular complexity index is 502. The standard InChI is InChI=1S/C14H24N6/c1-4-7-15-13(14-16-10-17-18-14)9-12-8-11(5-2)19-20(12)6-3/h8,10,13,15H,4-7,9H2,1-3H3,(H,16,17,18). The molecule has 20 heavy (non-hydrogen) atoms. The zero-order chi connectivity index (χ0) is 14.4. The number of nitrogens with zero attached hydrogens (tertiary/aromatic N) is 4. The van der Waals surface area contributed by atoms with Crippen molar-refractivity contribution in [2.24, 2.45) is 0 Å². The number of aryl methyl sites for hydroxylation is 2. The molecule has 2 N–H and O–H groups in total. The number of rotatable bonds is 8. The van der Waals surface area contributed by atoms with Crippen molar-refractivity contribution in [1.29, 1.82) is 0 Å². The van der Waals surface area contributed by atoms with Crippen LogP contribution in [0.1, 0.15) is 50.4 Å². The monoisotopic (exact) mass is 276 g/mol. The molecule has 0 amide bonds. The Hall–Kier alpha value is -1.69. The molecule has 2 rings (SSSR count). The summed E-state index contributed by atoms with van der Waals surface area (Å²) < 4.78 is 2.08. The van der Waals surface area contributed by atoms with Crippen molar-refractivity contribution in [3.8, 4) is 0 Å². The largest absolute Gasteiger partial charge is 0.307 e. The number of hydrogen-bond acceptors (Lipinski definition) is 4. The van der Waals surface area contributed by atoms with Gasteiger partial charge in [-0.3, -0.25) is 9.78 Å². The molecule has 0 aliphatic rings. The van der Waals surface area contributed by atoms with Gasteiger partial charge in [-0.15, -0.1) is 0 Å². The Balaban J connectivity index is 2.16. The second-order valence-electron chi connectivity index (χ2n) is 4.88. The summed E-state index contributed by atoms with van der Waals surface area (Å²) in [4.78, 5) is 4.29. The van der Waals surface area contributed by atoms with E-state index in [1.807, 2.05) is 0 Å². The first kappa shape index (κ1) is 14.7. The summed E-state index contributed by atoms with van der Waals surface area (Å²) in [5.41, 5.74) is 2.39. The van der Waals surface area contributed by atoms with Crippen molar-refractivity contribution in [3.05, 3.63) is 29.6 Å². The maximum atomic E-state index is 4.60. The Kier molecular flexibility index (Phi) is 5.29. The van der Waals surface area contributed by atoms with E-state index in [0.717, 1.165) is 43.9 Å². The predicted molar refractivity (Wildman–Crippen MR) is 78.4 cm³/mol. The Morgan fingerprint density at radius 3 is 2.80 bits per heavy atom. The molecule has 2 aromatic rings. The minimum absolute atomic E-state index is 0.157. The Labute approximate surface area is 120 Å². The minimum atomic E-state index is 0.157. The molecule has 1 atom stereocenters. The molecule has 0 aliphatic heterocycles. The van der Waals surface area contributed by atoms with Crippen LogP contribution < -0.4 is 5.32 Å². The highest BCUT2D eigenvalue weighted by molar-refractivity contribution is 5.13. The first-order valence-electron chi connectivity index (χ1n) is 7.42. The predicted octanol–water partition coefficient (Wildman–Crippen LogP) is 1.87. The zero-order valence-electron chi connectivity index (χ0n) is 12.6. The summed E-state index contributed by atoms with van der Waals surface area (Å²) in [6.07, 6.45) is 4.49. The fourth-order valence-corrected chi connectivity index (χ4v) is 2.30. The summed E-state index contributed by atoms with van der Waals surface area (Å²) in [7, 11) is 0. The van der Waals surface area contributed by atoms with Gasteiger partial charge in [0.05, 0.1) is 11.7 Å². The van der Waals surface area contributed by atoms with Gasteiger partial charge in [-0.25, -0.2) is 4.98 Å². The molecule has 0 radical (unpaired) electrons. The maximum Gasteiger partial charge on any atom is 0.141 e. The number of H-pyrrole nitrogens is 1. The number of aromatic amines is 1. The van der Waals surface area contributed by atoms with E-state index in [9.17, 15) is 0 Å². The molecule has 0 saturated carbocycles. The Morgan fingerprint density at radius 2 is 2.20 bits per heavy atom. The van der Waals surface area contributed by atoms with Gasteiger partial charge < -0.3 is 5.32 Å². The van der Waals surface area contributed by atoms with Crippen molar-refractivity contribution < 1.29 is 0 Å². The third-order valence-corrected chi connectivity index (χ3v) is 3.39. The summed E-state index contributed by atoms with van der Waals surface area (Å²) in [6, 6.07) is 2.35. The molecule has 6 heteroatoms. The lowest BCUT2D eigenvalue weighted by atomic mass is 10.1. The molecular formula is C14H24N6. The fraction of sp³-hybridized carbons (Fsp3) is 0.643. The van der Waals surface area contributed by atoms with Crippen LogP contribution in [-0.2, 0) is 19.4 Å². The van der Waals surface area contributed by atoms with Crippen molar-refractivity contribution in [2.45, 2.75) is 52.6 Å². The lowest BCUT2D eigenvalue weighted by Crippen LogP contribution is -2.26. The third kappa shape index (κ3) is 3.45. The Morgan fingerprint density at radius 1 is 1.35 bits per heavy atom. The molecule has 0 aliphatic carbocycles. The second-order valence-corrected chi connectivity index (χ2v) is 4.88. The van der Waals surface area contributed by atoms with Crippen LogP contribution in [0.15, 0.2) is 12.4 Å². The van der Waals surface area contributed by atoms with Crippen molar-refractivity contribution in [3.63, 3.8) is 0 Å². The van der Waals surface area contributed by atoms with E-state index in [1.165, 1.54) is 5.69 Å². The van der Waals surface area contributed by atoms with Crippen LogP contribution >= 0.6 is 0 Å². The van der Waals surface area contributed by atoms with Crippen LogP contribution in [0.25, 0.3) is 0 Å². The average molecular weight is 276 g/mol. The summed E-state index contributed by atoms with van der Waals surface area (Å²) >= 11 is 0. The second kappa shape index (κ2) is 7.19. The van der Waals surface area contributed by atoms with E-state index < -0.39 is 0 Å².